The number of hydrogen-bond acceptors (Lipinski definition) is 2. The van der Waals surface area contributed by atoms with E-state index in [1.165, 1.54) is 23.3 Å². The summed E-state index contributed by atoms with van der Waals surface area (Å²) in [4.78, 5) is 21.9. The second-order valence-electron chi connectivity index (χ2n) is 7.70. The van der Waals surface area contributed by atoms with Crippen molar-refractivity contribution in [3.63, 3.8) is 0 Å². The van der Waals surface area contributed by atoms with Gasteiger partial charge in [0.05, 0.1) is 0 Å². The number of hydrogen-bond donors (Lipinski definition) is 0. The summed E-state index contributed by atoms with van der Waals surface area (Å²) < 4.78 is 27.2. The van der Waals surface area contributed by atoms with Crippen molar-refractivity contribution in [2.45, 2.75) is 85.5 Å². The number of allylic oxidation sites excluding steroid dienone is 8. The van der Waals surface area contributed by atoms with Crippen LogP contribution in [0.4, 0.5) is 8.78 Å². The van der Waals surface area contributed by atoms with E-state index in [0.29, 0.717) is 44.0 Å². The van der Waals surface area contributed by atoms with Gasteiger partial charge < -0.3 is 0 Å². The Balaban J connectivity index is 0.000000770. The molecule has 1 aromatic carbocycles. The van der Waals surface area contributed by atoms with Crippen LogP contribution in [0.5, 0.6) is 0 Å². The molecule has 0 aliphatic heterocycles. The number of alkyl halides is 2. The van der Waals surface area contributed by atoms with E-state index in [0.717, 1.165) is 13.3 Å². The lowest BCUT2D eigenvalue weighted by molar-refractivity contribution is -0.119. The van der Waals surface area contributed by atoms with Gasteiger partial charge in [-0.05, 0) is 56.2 Å². The fourth-order valence-electron chi connectivity index (χ4n) is 3.11. The second-order valence-corrected chi connectivity index (χ2v) is 7.70. The summed E-state index contributed by atoms with van der Waals surface area (Å²) in [6.07, 6.45) is 14.7. The minimum atomic E-state index is -2.90. The molecule has 33 heavy (non-hydrogen) atoms. The number of carbonyl (C=O) groups is 2. The van der Waals surface area contributed by atoms with Crippen molar-refractivity contribution in [1.82, 2.24) is 0 Å². The van der Waals surface area contributed by atoms with Gasteiger partial charge in [0.1, 0.15) is 12.1 Å². The average Bonchev–Trinajstić information content (AvgIpc) is 3.06. The lowest BCUT2D eigenvalue weighted by atomic mass is 9.97. The third-order valence-electron chi connectivity index (χ3n) is 4.94. The lowest BCUT2D eigenvalue weighted by Crippen LogP contribution is -2.14. The lowest BCUT2D eigenvalue weighted by Gasteiger charge is -2.15. The first kappa shape index (κ1) is 30.4. The van der Waals surface area contributed by atoms with Crippen LogP contribution in [0.1, 0.15) is 77.3 Å². The Morgan fingerprint density at radius 1 is 1.06 bits per heavy atom. The standard InChI is InChI=1S/C18H22F2O2.C9H12.C2H6/c1-18(19,20)17-11-7-4-5-9-15(17)12-13-16(22)10-6-2-3-8-14-21;1-3-9-6-4-8(2)5-7-9;1-2/h3,5,7-9,11,14H,2,4,6,10,12-13H2,1H3;4-7H,3H2,1-2H3;1-2H3/b8-3-;;. The van der Waals surface area contributed by atoms with Crippen molar-refractivity contribution >= 4 is 12.1 Å². The summed E-state index contributed by atoms with van der Waals surface area (Å²) in [5, 5.41) is 0. The average molecular weight is 459 g/mol. The van der Waals surface area contributed by atoms with Gasteiger partial charge in [0, 0.05) is 25.3 Å². The van der Waals surface area contributed by atoms with Gasteiger partial charge in [-0.25, -0.2) is 8.78 Å². The van der Waals surface area contributed by atoms with Gasteiger partial charge in [0.25, 0.3) is 5.92 Å². The molecule has 2 nitrogen and oxygen atoms in total. The highest BCUT2D eigenvalue weighted by atomic mass is 19.3. The summed E-state index contributed by atoms with van der Waals surface area (Å²) in [5.74, 6) is -2.84. The third kappa shape index (κ3) is 14.2. The molecule has 0 fully saturated rings. The maximum Gasteiger partial charge on any atom is 0.270 e. The Labute approximate surface area is 199 Å². The molecule has 0 heterocycles. The van der Waals surface area contributed by atoms with Crippen LogP contribution in [0.15, 0.2) is 71.9 Å². The van der Waals surface area contributed by atoms with Crippen LogP contribution >= 0.6 is 0 Å². The van der Waals surface area contributed by atoms with Crippen molar-refractivity contribution < 1.29 is 18.4 Å². The third-order valence-corrected chi connectivity index (χ3v) is 4.94. The van der Waals surface area contributed by atoms with Crippen molar-refractivity contribution in [2.75, 3.05) is 0 Å². The Morgan fingerprint density at radius 3 is 2.27 bits per heavy atom. The van der Waals surface area contributed by atoms with Crippen molar-refractivity contribution in [3.05, 3.63) is 83.0 Å². The van der Waals surface area contributed by atoms with Gasteiger partial charge in [-0.15, -0.1) is 0 Å². The van der Waals surface area contributed by atoms with E-state index in [-0.39, 0.29) is 17.8 Å². The van der Waals surface area contributed by atoms with Gasteiger partial charge in [0.2, 0.25) is 0 Å². The molecule has 0 saturated carbocycles. The Kier molecular flexibility index (Phi) is 16.5. The van der Waals surface area contributed by atoms with E-state index in [4.69, 9.17) is 0 Å². The van der Waals surface area contributed by atoms with Gasteiger partial charge in [0.15, 0.2) is 0 Å². The Bertz CT molecular complexity index is 807. The zero-order chi connectivity index (χ0) is 25.1. The van der Waals surface area contributed by atoms with Crippen LogP contribution in [0.2, 0.25) is 0 Å². The molecule has 0 aromatic heterocycles. The second kappa shape index (κ2) is 17.9. The van der Waals surface area contributed by atoms with E-state index in [1.54, 1.807) is 18.2 Å². The highest BCUT2D eigenvalue weighted by Crippen LogP contribution is 2.31. The molecule has 0 atom stereocenters. The first-order chi connectivity index (χ1) is 15.8. The van der Waals surface area contributed by atoms with E-state index < -0.39 is 5.92 Å². The molecule has 0 unspecified atom stereocenters. The van der Waals surface area contributed by atoms with Crippen LogP contribution in [0, 0.1) is 6.92 Å². The Morgan fingerprint density at radius 2 is 1.70 bits per heavy atom. The Hall–Kier alpha value is -2.62. The van der Waals surface area contributed by atoms with Crippen LogP contribution in [-0.2, 0) is 16.0 Å². The molecule has 0 amide bonds. The number of benzene rings is 1. The SMILES string of the molecule is CC.CC(F)(F)C1=C(CCC(=O)CCC/C=C\C=O)C=CCC=C1.CCc1ccc(C)cc1. The molecular weight excluding hydrogens is 418 g/mol. The summed E-state index contributed by atoms with van der Waals surface area (Å²) in [7, 11) is 0. The smallest absolute Gasteiger partial charge is 0.270 e. The molecule has 0 radical (unpaired) electrons. The van der Waals surface area contributed by atoms with Crippen LogP contribution in [0.3, 0.4) is 0 Å². The van der Waals surface area contributed by atoms with Crippen molar-refractivity contribution in [3.8, 4) is 0 Å². The summed E-state index contributed by atoms with van der Waals surface area (Å²) in [5.41, 5.74) is 3.30. The molecule has 2 rings (SSSR count). The molecule has 0 N–H and O–H groups in total. The molecular formula is C29H40F2O2. The number of unbranched alkanes of at least 4 members (excludes halogenated alkanes) is 1. The fourth-order valence-corrected chi connectivity index (χ4v) is 3.11. The number of aldehydes is 1. The molecule has 1 aromatic rings. The van der Waals surface area contributed by atoms with E-state index >= 15 is 0 Å². The van der Waals surface area contributed by atoms with Crippen LogP contribution in [0.25, 0.3) is 0 Å². The van der Waals surface area contributed by atoms with Crippen molar-refractivity contribution in [2.24, 2.45) is 0 Å². The minimum Gasteiger partial charge on any atom is -0.300 e. The van der Waals surface area contributed by atoms with Crippen LogP contribution in [-0.4, -0.2) is 18.0 Å². The monoisotopic (exact) mass is 458 g/mol. The van der Waals surface area contributed by atoms with E-state index in [2.05, 4.69) is 38.1 Å². The summed E-state index contributed by atoms with van der Waals surface area (Å²) in [6.45, 7) is 9.16. The van der Waals surface area contributed by atoms with Crippen LogP contribution < -0.4 is 0 Å². The number of Topliss-reactive ketones (excluding diaryl/α,β-unsaturated/α-hetero) is 1. The number of ketones is 1. The fraction of sp³-hybridized carbons (Fsp3) is 0.448. The molecule has 1 aliphatic rings. The zero-order valence-corrected chi connectivity index (χ0v) is 20.9. The summed E-state index contributed by atoms with van der Waals surface area (Å²) in [6, 6.07) is 8.66. The number of halogens is 2. The summed E-state index contributed by atoms with van der Waals surface area (Å²) >= 11 is 0. The minimum absolute atomic E-state index is 0.00275. The van der Waals surface area contributed by atoms with E-state index in [9.17, 15) is 18.4 Å². The van der Waals surface area contributed by atoms with Gasteiger partial charge in [-0.2, -0.15) is 0 Å². The topological polar surface area (TPSA) is 34.1 Å². The van der Waals surface area contributed by atoms with Crippen molar-refractivity contribution in [1.29, 1.82) is 0 Å². The van der Waals surface area contributed by atoms with Gasteiger partial charge >= 0.3 is 0 Å². The molecule has 0 bridgehead atoms. The quantitative estimate of drug-likeness (QED) is 0.201. The normalized spacial score (nSPS) is 13.1. The molecule has 1 aliphatic carbocycles. The van der Waals surface area contributed by atoms with Gasteiger partial charge in [-0.3, -0.25) is 9.59 Å². The molecule has 4 heteroatoms. The number of carbonyl (C=O) groups excluding carboxylic acids is 2. The number of aryl methyl sites for hydroxylation is 2. The number of rotatable bonds is 10. The molecule has 0 spiro atoms. The predicted molar refractivity (Wildman–Crippen MR) is 136 cm³/mol. The maximum atomic E-state index is 13.6. The maximum absolute atomic E-state index is 13.6. The highest BCUT2D eigenvalue weighted by molar-refractivity contribution is 5.78. The van der Waals surface area contributed by atoms with E-state index in [1.807, 2.05) is 19.9 Å². The highest BCUT2D eigenvalue weighted by Gasteiger charge is 2.28. The zero-order valence-electron chi connectivity index (χ0n) is 20.9. The molecule has 182 valence electrons. The predicted octanol–water partition coefficient (Wildman–Crippen LogP) is 8.31. The first-order valence-electron chi connectivity index (χ1n) is 11.9. The largest absolute Gasteiger partial charge is 0.300 e. The van der Waals surface area contributed by atoms with Gasteiger partial charge in [-0.1, -0.05) is 81.0 Å². The first-order valence-corrected chi connectivity index (χ1v) is 11.9. The molecule has 0 saturated heterocycles.